The van der Waals surface area contributed by atoms with Gasteiger partial charge in [-0.05, 0) is 83.5 Å². The summed E-state index contributed by atoms with van der Waals surface area (Å²) in [6.07, 6.45) is 0.245. The van der Waals surface area contributed by atoms with Gasteiger partial charge in [0.15, 0.2) is 0 Å². The van der Waals surface area contributed by atoms with Gasteiger partial charge in [-0.15, -0.1) is 11.3 Å². The van der Waals surface area contributed by atoms with E-state index in [9.17, 15) is 9.18 Å². The van der Waals surface area contributed by atoms with Crippen molar-refractivity contribution in [1.82, 2.24) is 4.72 Å². The van der Waals surface area contributed by atoms with E-state index in [-0.39, 0.29) is 30.0 Å². The average Bonchev–Trinajstić information content (AvgIpc) is 3.03. The van der Waals surface area contributed by atoms with E-state index in [0.29, 0.717) is 0 Å². The van der Waals surface area contributed by atoms with E-state index in [4.69, 9.17) is 5.73 Å². The SMILES string of the molecule is CC(C)c1cc(F)cc(C(C)C)c1CC(=O)NSc1cc(C(C)(C)N)cs1. The van der Waals surface area contributed by atoms with E-state index in [1.807, 2.05) is 53.0 Å². The predicted octanol–water partition coefficient (Wildman–Crippen LogP) is 5.69. The molecule has 0 aliphatic rings. The zero-order valence-electron chi connectivity index (χ0n) is 16.9. The standard InChI is InChI=1S/C21H29FN2OS2/c1-12(2)16-8-15(22)9-17(13(3)4)18(16)10-19(25)24-27-20-7-14(11-26-20)21(5,6)23/h7-9,11-13H,10,23H2,1-6H3,(H,24,25). The van der Waals surface area contributed by atoms with E-state index in [1.54, 1.807) is 23.5 Å². The highest BCUT2D eigenvalue weighted by atomic mass is 32.2. The number of hydrogen-bond donors (Lipinski definition) is 2. The topological polar surface area (TPSA) is 55.1 Å². The molecule has 1 amide bonds. The molecule has 0 spiro atoms. The fourth-order valence-corrected chi connectivity index (χ4v) is 4.67. The zero-order chi connectivity index (χ0) is 20.4. The van der Waals surface area contributed by atoms with Gasteiger partial charge in [0.25, 0.3) is 0 Å². The second kappa shape index (κ2) is 8.76. The van der Waals surface area contributed by atoms with Crippen molar-refractivity contribution in [2.24, 2.45) is 5.73 Å². The van der Waals surface area contributed by atoms with E-state index in [0.717, 1.165) is 26.5 Å². The van der Waals surface area contributed by atoms with Crippen LogP contribution in [0.15, 0.2) is 27.8 Å². The van der Waals surface area contributed by atoms with Gasteiger partial charge in [0.05, 0.1) is 10.6 Å². The van der Waals surface area contributed by atoms with Crippen molar-refractivity contribution >= 4 is 29.2 Å². The molecule has 2 aromatic rings. The minimum absolute atomic E-state index is 0.0858. The third kappa shape index (κ3) is 5.80. The van der Waals surface area contributed by atoms with Crippen LogP contribution < -0.4 is 10.5 Å². The Hall–Kier alpha value is -1.37. The number of hydrogen-bond acceptors (Lipinski definition) is 4. The number of carbonyl (C=O) groups excluding carboxylic acids is 1. The largest absolute Gasteiger partial charge is 0.322 e. The molecule has 1 heterocycles. The Labute approximate surface area is 170 Å². The number of nitrogens with one attached hydrogen (secondary N) is 1. The van der Waals surface area contributed by atoms with Crippen molar-refractivity contribution in [3.8, 4) is 0 Å². The van der Waals surface area contributed by atoms with Crippen molar-refractivity contribution in [1.29, 1.82) is 0 Å². The second-order valence-electron chi connectivity index (χ2n) is 8.05. The molecule has 0 bridgehead atoms. The van der Waals surface area contributed by atoms with E-state index in [1.165, 1.54) is 11.9 Å². The quantitative estimate of drug-likeness (QED) is 0.578. The summed E-state index contributed by atoms with van der Waals surface area (Å²) in [5.41, 5.74) is 9.51. The molecule has 0 saturated carbocycles. The van der Waals surface area contributed by atoms with E-state index >= 15 is 0 Å². The predicted molar refractivity (Wildman–Crippen MR) is 114 cm³/mol. The maximum atomic E-state index is 14.0. The molecular weight excluding hydrogens is 379 g/mol. The molecule has 6 heteroatoms. The van der Waals surface area contributed by atoms with Crippen LogP contribution in [-0.2, 0) is 16.8 Å². The molecule has 0 atom stereocenters. The first-order chi connectivity index (χ1) is 12.5. The van der Waals surface area contributed by atoms with Crippen LogP contribution in [0.25, 0.3) is 0 Å². The molecule has 0 radical (unpaired) electrons. The third-order valence-corrected chi connectivity index (χ3v) is 6.36. The molecule has 0 fully saturated rings. The van der Waals surface area contributed by atoms with Crippen LogP contribution in [0.2, 0.25) is 0 Å². The van der Waals surface area contributed by atoms with Gasteiger partial charge in [-0.3, -0.25) is 9.52 Å². The lowest BCUT2D eigenvalue weighted by Gasteiger charge is -2.19. The summed E-state index contributed by atoms with van der Waals surface area (Å²) in [5.74, 6) is -0.0191. The van der Waals surface area contributed by atoms with Gasteiger partial charge < -0.3 is 5.73 Å². The first kappa shape index (κ1) is 21.9. The molecule has 1 aromatic carbocycles. The average molecular weight is 409 g/mol. The van der Waals surface area contributed by atoms with Crippen LogP contribution >= 0.6 is 23.3 Å². The molecule has 3 nitrogen and oxygen atoms in total. The second-order valence-corrected chi connectivity index (χ2v) is 10.1. The Morgan fingerprint density at radius 3 is 2.19 bits per heavy atom. The third-order valence-electron chi connectivity index (χ3n) is 4.45. The number of thiophene rings is 1. The molecule has 2 rings (SSSR count). The Bertz CT molecular complexity index is 778. The summed E-state index contributed by atoms with van der Waals surface area (Å²) in [6, 6.07) is 5.12. The normalized spacial score (nSPS) is 12.1. The van der Waals surface area contributed by atoms with E-state index < -0.39 is 5.54 Å². The molecule has 0 saturated heterocycles. The highest BCUT2D eigenvalue weighted by Gasteiger charge is 2.20. The zero-order valence-corrected chi connectivity index (χ0v) is 18.5. The first-order valence-corrected chi connectivity index (χ1v) is 10.8. The molecule has 0 aliphatic carbocycles. The van der Waals surface area contributed by atoms with Crippen LogP contribution in [0.5, 0.6) is 0 Å². The highest BCUT2D eigenvalue weighted by Crippen LogP contribution is 2.31. The summed E-state index contributed by atoms with van der Waals surface area (Å²) in [4.78, 5) is 12.6. The van der Waals surface area contributed by atoms with Crippen LogP contribution in [0.3, 0.4) is 0 Å². The summed E-state index contributed by atoms with van der Waals surface area (Å²) < 4.78 is 17.9. The minimum Gasteiger partial charge on any atom is -0.322 e. The number of carbonyl (C=O) groups is 1. The number of benzene rings is 1. The van der Waals surface area contributed by atoms with Crippen molar-refractivity contribution in [2.45, 2.75) is 69.5 Å². The Morgan fingerprint density at radius 1 is 1.19 bits per heavy atom. The van der Waals surface area contributed by atoms with Crippen molar-refractivity contribution in [2.75, 3.05) is 0 Å². The highest BCUT2D eigenvalue weighted by molar-refractivity contribution is 7.99. The van der Waals surface area contributed by atoms with Crippen LogP contribution in [0, 0.1) is 5.82 Å². The van der Waals surface area contributed by atoms with Gasteiger partial charge in [-0.1, -0.05) is 27.7 Å². The monoisotopic (exact) mass is 408 g/mol. The van der Waals surface area contributed by atoms with Gasteiger partial charge >= 0.3 is 0 Å². The maximum Gasteiger partial charge on any atom is 0.234 e. The van der Waals surface area contributed by atoms with Gasteiger partial charge in [-0.2, -0.15) is 0 Å². The van der Waals surface area contributed by atoms with Gasteiger partial charge in [0.2, 0.25) is 5.91 Å². The van der Waals surface area contributed by atoms with Crippen LogP contribution in [0.4, 0.5) is 4.39 Å². The molecular formula is C21H29FN2OS2. The van der Waals surface area contributed by atoms with Crippen LogP contribution in [0.1, 0.15) is 75.6 Å². The van der Waals surface area contributed by atoms with Crippen molar-refractivity contribution in [3.05, 3.63) is 51.7 Å². The van der Waals surface area contributed by atoms with Gasteiger partial charge in [-0.25, -0.2) is 4.39 Å². The minimum atomic E-state index is -0.397. The Balaban J connectivity index is 2.14. The summed E-state index contributed by atoms with van der Waals surface area (Å²) in [6.45, 7) is 12.0. The number of nitrogens with two attached hydrogens (primary N) is 1. The molecule has 148 valence electrons. The van der Waals surface area contributed by atoms with Gasteiger partial charge in [0, 0.05) is 5.54 Å². The molecule has 3 N–H and O–H groups in total. The number of halogens is 1. The van der Waals surface area contributed by atoms with E-state index in [2.05, 4.69) is 4.72 Å². The summed E-state index contributed by atoms with van der Waals surface area (Å²) in [5, 5.41) is 2.02. The molecule has 1 aromatic heterocycles. The van der Waals surface area contributed by atoms with Crippen LogP contribution in [-0.4, -0.2) is 5.91 Å². The van der Waals surface area contributed by atoms with Crippen molar-refractivity contribution in [3.63, 3.8) is 0 Å². The number of rotatable bonds is 7. The smallest absolute Gasteiger partial charge is 0.234 e. The fourth-order valence-electron chi connectivity index (χ4n) is 2.93. The first-order valence-electron chi connectivity index (χ1n) is 9.14. The number of amides is 1. The lowest BCUT2D eigenvalue weighted by Crippen LogP contribution is -2.27. The molecule has 0 unspecified atom stereocenters. The Kier molecular flexibility index (Phi) is 7.11. The molecule has 27 heavy (non-hydrogen) atoms. The van der Waals surface area contributed by atoms with Gasteiger partial charge in [0.1, 0.15) is 5.82 Å². The maximum absolute atomic E-state index is 14.0. The lowest BCUT2D eigenvalue weighted by molar-refractivity contribution is -0.118. The fraction of sp³-hybridized carbons (Fsp3) is 0.476. The lowest BCUT2D eigenvalue weighted by atomic mass is 9.87. The Morgan fingerprint density at radius 2 is 1.74 bits per heavy atom. The van der Waals surface area contributed by atoms with Crippen molar-refractivity contribution < 1.29 is 9.18 Å². The molecule has 0 aliphatic heterocycles. The summed E-state index contributed by atoms with van der Waals surface area (Å²) in [7, 11) is 0. The summed E-state index contributed by atoms with van der Waals surface area (Å²) >= 11 is 2.87.